The molecule has 0 N–H and O–H groups in total. The molecule has 4 fully saturated rings. The van der Waals surface area contributed by atoms with Crippen LogP contribution in [-0.2, 0) is 31.8 Å². The molecule has 2 aromatic carbocycles. The Morgan fingerprint density at radius 1 is 0.706 bits per heavy atom. The third-order valence-electron chi connectivity index (χ3n) is 6.19. The molecule has 0 spiro atoms. The van der Waals surface area contributed by atoms with Crippen molar-refractivity contribution in [2.24, 2.45) is 0 Å². The molecule has 0 radical (unpaired) electrons. The Hall–Kier alpha value is -1.79. The van der Waals surface area contributed by atoms with E-state index in [1.54, 1.807) is 7.11 Å². The fourth-order valence-electron chi connectivity index (χ4n) is 4.04. The number of methoxy groups -OCH3 is 1. The van der Waals surface area contributed by atoms with Crippen LogP contribution in [0.4, 0.5) is 0 Å². The average molecular weight is 582 g/mol. The molecular formula is C25H27IO8. The zero-order chi connectivity index (χ0) is 23.1. The molecule has 0 saturated carbocycles. The van der Waals surface area contributed by atoms with Gasteiger partial charge in [-0.15, -0.1) is 0 Å². The van der Waals surface area contributed by atoms with E-state index in [-0.39, 0.29) is 24.4 Å². The predicted octanol–water partition coefficient (Wildman–Crippen LogP) is 3.53. The van der Waals surface area contributed by atoms with Crippen molar-refractivity contribution in [1.29, 1.82) is 0 Å². The fourth-order valence-corrected chi connectivity index (χ4v) is 4.37. The Labute approximate surface area is 212 Å². The topological polar surface area (TPSA) is 87.0 Å². The van der Waals surface area contributed by atoms with Crippen LogP contribution < -0.4 is 17.3 Å². The first-order chi connectivity index (χ1) is 16.7. The maximum Gasteiger partial charge on any atom is 0.192 e. The van der Waals surface area contributed by atoms with Gasteiger partial charge in [-0.05, 0) is 35.4 Å². The summed E-state index contributed by atoms with van der Waals surface area (Å²) in [6, 6.07) is 8.36. The first kappa shape index (κ1) is 22.7. The van der Waals surface area contributed by atoms with Crippen molar-refractivity contribution in [3.8, 4) is 34.1 Å². The summed E-state index contributed by atoms with van der Waals surface area (Å²) in [4.78, 5) is 0. The van der Waals surface area contributed by atoms with Crippen molar-refractivity contribution in [3.05, 3.63) is 35.4 Å². The van der Waals surface area contributed by atoms with Crippen molar-refractivity contribution in [2.75, 3.05) is 46.8 Å². The van der Waals surface area contributed by atoms with E-state index < -0.39 is 0 Å². The van der Waals surface area contributed by atoms with Gasteiger partial charge in [0.15, 0.2) is 46.0 Å². The van der Waals surface area contributed by atoms with Gasteiger partial charge in [0.1, 0.15) is 25.4 Å². The fraction of sp³-hybridized carbons (Fsp3) is 0.520. The van der Waals surface area contributed by atoms with Gasteiger partial charge in [-0.25, -0.2) is 0 Å². The van der Waals surface area contributed by atoms with Gasteiger partial charge in [0.2, 0.25) is 0 Å². The van der Waals surface area contributed by atoms with Crippen LogP contribution in [0.2, 0.25) is 0 Å². The molecular weight excluding hydrogens is 555 g/mol. The van der Waals surface area contributed by atoms with Crippen LogP contribution in [-0.4, -0.2) is 71.2 Å². The standard InChI is InChI=1S/C25H27IO8/c1-27-22-6-14(2-16-8-28-16)4-20(24(22)32-12-18-10-30-18)21-5-15(3-17-9-29-17)7-23(34-26)25(21)33-13-19-11-31-19/h4-7,16-19H,2-3,8-13H2,1H3. The highest BCUT2D eigenvalue weighted by atomic mass is 127. The van der Waals surface area contributed by atoms with Crippen molar-refractivity contribution in [2.45, 2.75) is 37.3 Å². The molecule has 0 bridgehead atoms. The summed E-state index contributed by atoms with van der Waals surface area (Å²) in [5.41, 5.74) is 4.03. The van der Waals surface area contributed by atoms with Gasteiger partial charge in [0.05, 0.1) is 45.7 Å². The van der Waals surface area contributed by atoms with Gasteiger partial charge in [0, 0.05) is 24.0 Å². The summed E-state index contributed by atoms with van der Waals surface area (Å²) >= 11 is 1.91. The molecule has 4 atom stereocenters. The lowest BCUT2D eigenvalue weighted by molar-refractivity contribution is 0.251. The Morgan fingerprint density at radius 2 is 1.15 bits per heavy atom. The second-order valence-corrected chi connectivity index (χ2v) is 9.51. The molecule has 2 aromatic rings. The van der Waals surface area contributed by atoms with Crippen molar-refractivity contribution >= 4 is 23.0 Å². The van der Waals surface area contributed by atoms with Crippen LogP contribution >= 0.6 is 23.0 Å². The minimum absolute atomic E-state index is 0.116. The molecule has 4 saturated heterocycles. The van der Waals surface area contributed by atoms with Gasteiger partial charge in [-0.3, -0.25) is 0 Å². The molecule has 9 heteroatoms. The lowest BCUT2D eigenvalue weighted by atomic mass is 9.95. The largest absolute Gasteiger partial charge is 0.493 e. The van der Waals surface area contributed by atoms with Crippen LogP contribution in [0.25, 0.3) is 11.1 Å². The highest BCUT2D eigenvalue weighted by Crippen LogP contribution is 2.48. The first-order valence-corrected chi connectivity index (χ1v) is 12.5. The van der Waals surface area contributed by atoms with Crippen LogP contribution in [0.3, 0.4) is 0 Å². The molecule has 0 aromatic heterocycles. The molecule has 4 aliphatic rings. The Balaban J connectivity index is 1.46. The maximum absolute atomic E-state index is 6.28. The number of hydrogen-bond donors (Lipinski definition) is 0. The summed E-state index contributed by atoms with van der Waals surface area (Å²) in [7, 11) is 1.67. The van der Waals surface area contributed by atoms with Crippen molar-refractivity contribution in [3.63, 3.8) is 0 Å². The summed E-state index contributed by atoms with van der Waals surface area (Å²) in [6.45, 7) is 3.93. The zero-order valence-electron chi connectivity index (χ0n) is 18.9. The lowest BCUT2D eigenvalue weighted by Gasteiger charge is -2.21. The number of ether oxygens (including phenoxy) is 7. The van der Waals surface area contributed by atoms with E-state index in [9.17, 15) is 0 Å². The highest BCUT2D eigenvalue weighted by Gasteiger charge is 2.31. The second kappa shape index (κ2) is 9.69. The number of rotatable bonds is 13. The number of epoxide rings is 4. The Morgan fingerprint density at radius 3 is 1.56 bits per heavy atom. The summed E-state index contributed by atoms with van der Waals surface area (Å²) in [6.07, 6.45) is 2.35. The van der Waals surface area contributed by atoms with Gasteiger partial charge in [-0.2, -0.15) is 0 Å². The van der Waals surface area contributed by atoms with E-state index in [0.717, 1.165) is 48.3 Å². The summed E-state index contributed by atoms with van der Waals surface area (Å²) in [5, 5.41) is 0. The normalized spacial score (nSPS) is 26.1. The SMILES string of the molecule is COc1cc(CC2CO2)cc(-c2cc(CC3CO3)cc(OI)c2OCC2CO2)c1OCC1CO1. The zero-order valence-corrected chi connectivity index (χ0v) is 21.1. The average Bonchev–Trinajstić information content (AvgIpc) is 3.68. The van der Waals surface area contributed by atoms with E-state index >= 15 is 0 Å². The number of halogens is 1. The van der Waals surface area contributed by atoms with E-state index in [1.165, 1.54) is 0 Å². The Bertz CT molecular complexity index is 960. The van der Waals surface area contributed by atoms with Gasteiger partial charge in [-0.1, -0.05) is 0 Å². The summed E-state index contributed by atoms with van der Waals surface area (Å²) < 4.78 is 45.9. The van der Waals surface area contributed by atoms with E-state index in [1.807, 2.05) is 35.1 Å². The summed E-state index contributed by atoms with van der Waals surface area (Å²) in [5.74, 6) is 2.68. The quantitative estimate of drug-likeness (QED) is 0.262. The first-order valence-electron chi connectivity index (χ1n) is 11.6. The van der Waals surface area contributed by atoms with Crippen LogP contribution in [0.1, 0.15) is 11.1 Å². The van der Waals surface area contributed by atoms with Gasteiger partial charge >= 0.3 is 0 Å². The Kier molecular flexibility index (Phi) is 6.46. The molecule has 4 aliphatic heterocycles. The molecule has 0 aliphatic carbocycles. The van der Waals surface area contributed by atoms with Crippen molar-refractivity contribution in [1.82, 2.24) is 0 Å². The monoisotopic (exact) mass is 582 g/mol. The minimum atomic E-state index is 0.116. The van der Waals surface area contributed by atoms with Crippen LogP contribution in [0, 0.1) is 0 Å². The minimum Gasteiger partial charge on any atom is -0.493 e. The molecule has 4 unspecified atom stereocenters. The molecule has 8 nitrogen and oxygen atoms in total. The van der Waals surface area contributed by atoms with Crippen LogP contribution in [0.5, 0.6) is 23.0 Å². The molecule has 0 amide bonds. The number of hydrogen-bond acceptors (Lipinski definition) is 8. The third kappa shape index (κ3) is 5.54. The van der Waals surface area contributed by atoms with Crippen molar-refractivity contribution < 1.29 is 36.2 Å². The van der Waals surface area contributed by atoms with Gasteiger partial charge < -0.3 is 36.2 Å². The molecule has 182 valence electrons. The van der Waals surface area contributed by atoms with Gasteiger partial charge in [0.25, 0.3) is 0 Å². The second-order valence-electron chi connectivity index (χ2n) is 9.07. The maximum atomic E-state index is 6.28. The predicted molar refractivity (Wildman–Crippen MR) is 130 cm³/mol. The lowest BCUT2D eigenvalue weighted by Crippen LogP contribution is -2.09. The molecule has 4 heterocycles. The number of benzene rings is 2. The van der Waals surface area contributed by atoms with E-state index in [0.29, 0.717) is 49.4 Å². The third-order valence-corrected chi connectivity index (χ3v) is 6.66. The van der Waals surface area contributed by atoms with E-state index in [4.69, 9.17) is 36.2 Å². The highest BCUT2D eigenvalue weighted by molar-refractivity contribution is 14.1. The smallest absolute Gasteiger partial charge is 0.192 e. The van der Waals surface area contributed by atoms with Crippen LogP contribution in [0.15, 0.2) is 24.3 Å². The molecule has 34 heavy (non-hydrogen) atoms. The molecule has 6 rings (SSSR count). The van der Waals surface area contributed by atoms with E-state index in [2.05, 4.69) is 12.1 Å².